The summed E-state index contributed by atoms with van der Waals surface area (Å²) in [6.45, 7) is 4.30. The molecule has 0 aliphatic rings. The zero-order chi connectivity index (χ0) is 12.6. The van der Waals surface area contributed by atoms with Crippen molar-refractivity contribution < 1.29 is 4.52 Å². The highest BCUT2D eigenvalue weighted by molar-refractivity contribution is 9.12. The Hall–Kier alpha value is -0.330. The van der Waals surface area contributed by atoms with Crippen molar-refractivity contribution in [3.05, 3.63) is 19.2 Å². The molecule has 2 aromatic heterocycles. The second-order valence-corrected chi connectivity index (χ2v) is 7.96. The van der Waals surface area contributed by atoms with E-state index in [1.807, 2.05) is 6.07 Å². The average Bonchev–Trinajstić information content (AvgIpc) is 2.71. The van der Waals surface area contributed by atoms with E-state index in [4.69, 9.17) is 10.3 Å². The summed E-state index contributed by atoms with van der Waals surface area (Å²) in [6, 6.07) is 2.02. The van der Waals surface area contributed by atoms with Gasteiger partial charge in [0, 0.05) is 11.1 Å². The zero-order valence-corrected chi connectivity index (χ0v) is 13.4. The van der Waals surface area contributed by atoms with Crippen LogP contribution in [0.5, 0.6) is 0 Å². The van der Waals surface area contributed by atoms with Gasteiger partial charge in [-0.15, -0.1) is 11.3 Å². The first kappa shape index (κ1) is 13.1. The maximum atomic E-state index is 5.83. The molecule has 0 radical (unpaired) electrons. The van der Waals surface area contributed by atoms with E-state index < -0.39 is 0 Å². The van der Waals surface area contributed by atoms with Crippen molar-refractivity contribution in [2.75, 3.05) is 5.73 Å². The Labute approximate surface area is 121 Å². The second-order valence-electron chi connectivity index (χ2n) is 4.21. The van der Waals surface area contributed by atoms with Crippen LogP contribution in [0.1, 0.15) is 19.4 Å². The predicted molar refractivity (Wildman–Crippen MR) is 78.2 cm³/mol. The molecule has 2 N–H and O–H groups in total. The van der Waals surface area contributed by atoms with Gasteiger partial charge in [-0.2, -0.15) is 0 Å². The Morgan fingerprint density at radius 1 is 1.47 bits per heavy atom. The van der Waals surface area contributed by atoms with E-state index in [9.17, 15) is 0 Å². The second kappa shape index (κ2) is 5.12. The molecule has 0 atom stereocenters. The number of nitrogens with zero attached hydrogens (tertiary/aromatic N) is 1. The lowest BCUT2D eigenvalue weighted by Gasteiger charge is -2.04. The molecule has 0 unspecified atom stereocenters. The van der Waals surface area contributed by atoms with Crippen molar-refractivity contribution in [1.29, 1.82) is 0 Å². The number of aromatic nitrogens is 1. The Bertz CT molecular complexity index is 534. The Morgan fingerprint density at radius 3 is 2.71 bits per heavy atom. The molecule has 0 aromatic carbocycles. The molecule has 0 aliphatic heterocycles. The third kappa shape index (κ3) is 2.74. The number of thiophene rings is 1. The molecule has 3 nitrogen and oxygen atoms in total. The first-order chi connectivity index (χ1) is 7.99. The highest BCUT2D eigenvalue weighted by Gasteiger charge is 2.20. The highest BCUT2D eigenvalue weighted by atomic mass is 79.9. The Balaban J connectivity index is 2.48. The van der Waals surface area contributed by atoms with E-state index in [1.165, 1.54) is 0 Å². The standard InChI is InChI=1S/C11H12Br2N2OS/c1-5(2)3-7-9(15-16-11(7)14)6-4-8(12)17-10(6)13/h4-5H,3,14H2,1-2H3. The predicted octanol–water partition coefficient (Wildman–Crippen LogP) is 4.71. The van der Waals surface area contributed by atoms with Crippen LogP contribution >= 0.6 is 43.2 Å². The molecule has 6 heteroatoms. The van der Waals surface area contributed by atoms with Crippen LogP contribution in [0.25, 0.3) is 11.3 Å². The Morgan fingerprint density at radius 2 is 2.18 bits per heavy atom. The Kier molecular flexibility index (Phi) is 3.95. The average molecular weight is 380 g/mol. The minimum atomic E-state index is 0.419. The first-order valence-electron chi connectivity index (χ1n) is 5.18. The minimum absolute atomic E-state index is 0.419. The third-order valence-corrected chi connectivity index (χ3v) is 4.68. The van der Waals surface area contributed by atoms with Gasteiger partial charge < -0.3 is 10.3 Å². The van der Waals surface area contributed by atoms with Crippen molar-refractivity contribution in [3.63, 3.8) is 0 Å². The molecule has 0 bridgehead atoms. The smallest absolute Gasteiger partial charge is 0.225 e. The van der Waals surface area contributed by atoms with Gasteiger partial charge in [0.25, 0.3) is 0 Å². The fourth-order valence-corrected chi connectivity index (χ4v) is 4.45. The monoisotopic (exact) mass is 378 g/mol. The lowest BCUT2D eigenvalue weighted by molar-refractivity contribution is 0.438. The molecule has 0 amide bonds. The van der Waals surface area contributed by atoms with Gasteiger partial charge in [-0.3, -0.25) is 0 Å². The van der Waals surface area contributed by atoms with Crippen LogP contribution in [0.3, 0.4) is 0 Å². The number of hydrogen-bond donors (Lipinski definition) is 1. The lowest BCUT2D eigenvalue weighted by Crippen LogP contribution is -1.98. The van der Waals surface area contributed by atoms with E-state index in [0.717, 1.165) is 30.8 Å². The van der Waals surface area contributed by atoms with Crippen molar-refractivity contribution >= 4 is 49.1 Å². The number of halogens is 2. The largest absolute Gasteiger partial charge is 0.367 e. The molecule has 0 saturated carbocycles. The van der Waals surface area contributed by atoms with Crippen LogP contribution < -0.4 is 5.73 Å². The van der Waals surface area contributed by atoms with Gasteiger partial charge in [-0.1, -0.05) is 19.0 Å². The fourth-order valence-electron chi connectivity index (χ4n) is 1.64. The molecular weight excluding hydrogens is 368 g/mol. The van der Waals surface area contributed by atoms with Crippen LogP contribution in [0, 0.1) is 5.92 Å². The van der Waals surface area contributed by atoms with Crippen molar-refractivity contribution in [2.24, 2.45) is 5.92 Å². The molecule has 0 fully saturated rings. The summed E-state index contributed by atoms with van der Waals surface area (Å²) in [7, 11) is 0. The van der Waals surface area contributed by atoms with Crippen LogP contribution in [0.4, 0.5) is 5.88 Å². The van der Waals surface area contributed by atoms with Gasteiger partial charge in [0.1, 0.15) is 5.69 Å². The van der Waals surface area contributed by atoms with Gasteiger partial charge in [0.2, 0.25) is 5.88 Å². The molecular formula is C11H12Br2N2OS. The SMILES string of the molecule is CC(C)Cc1c(-c2cc(Br)sc2Br)noc1N. The highest BCUT2D eigenvalue weighted by Crippen LogP contribution is 2.40. The summed E-state index contributed by atoms with van der Waals surface area (Å²) in [5, 5.41) is 4.07. The molecule has 0 saturated heterocycles. The summed E-state index contributed by atoms with van der Waals surface area (Å²) in [5.74, 6) is 0.930. The molecule has 2 rings (SSSR count). The van der Waals surface area contributed by atoms with Crippen LogP contribution in [-0.2, 0) is 6.42 Å². The summed E-state index contributed by atoms with van der Waals surface area (Å²) < 4.78 is 7.19. The van der Waals surface area contributed by atoms with Crippen LogP contribution in [-0.4, -0.2) is 5.16 Å². The van der Waals surface area contributed by atoms with Crippen molar-refractivity contribution in [1.82, 2.24) is 5.16 Å². The first-order valence-corrected chi connectivity index (χ1v) is 7.58. The molecule has 0 spiro atoms. The number of hydrogen-bond acceptors (Lipinski definition) is 4. The quantitative estimate of drug-likeness (QED) is 0.840. The number of anilines is 1. The van der Waals surface area contributed by atoms with Crippen molar-refractivity contribution in [3.8, 4) is 11.3 Å². The van der Waals surface area contributed by atoms with Crippen LogP contribution in [0.15, 0.2) is 18.2 Å². The topological polar surface area (TPSA) is 52.0 Å². The van der Waals surface area contributed by atoms with Gasteiger partial charge in [0.05, 0.1) is 7.57 Å². The molecule has 2 heterocycles. The summed E-state index contributed by atoms with van der Waals surface area (Å²) in [5.41, 5.74) is 8.69. The summed E-state index contributed by atoms with van der Waals surface area (Å²) >= 11 is 8.60. The number of nitrogens with two attached hydrogens (primary N) is 1. The van der Waals surface area contributed by atoms with Gasteiger partial charge in [-0.25, -0.2) is 0 Å². The van der Waals surface area contributed by atoms with Crippen molar-refractivity contribution in [2.45, 2.75) is 20.3 Å². The zero-order valence-electron chi connectivity index (χ0n) is 9.46. The molecule has 0 aliphatic carbocycles. The molecule has 2 aromatic rings. The maximum Gasteiger partial charge on any atom is 0.225 e. The summed E-state index contributed by atoms with van der Waals surface area (Å²) in [6.07, 6.45) is 0.866. The summed E-state index contributed by atoms with van der Waals surface area (Å²) in [4.78, 5) is 0. The van der Waals surface area contributed by atoms with E-state index in [1.54, 1.807) is 11.3 Å². The fraction of sp³-hybridized carbons (Fsp3) is 0.364. The normalized spacial score (nSPS) is 11.4. The lowest BCUT2D eigenvalue weighted by atomic mass is 10.0. The van der Waals surface area contributed by atoms with E-state index >= 15 is 0 Å². The maximum absolute atomic E-state index is 5.83. The van der Waals surface area contributed by atoms with Gasteiger partial charge in [-0.05, 0) is 50.3 Å². The van der Waals surface area contributed by atoms with E-state index in [2.05, 4.69) is 50.9 Å². The van der Waals surface area contributed by atoms with Gasteiger partial charge in [0.15, 0.2) is 0 Å². The third-order valence-electron chi connectivity index (χ3n) is 2.34. The van der Waals surface area contributed by atoms with Gasteiger partial charge >= 0.3 is 0 Å². The van der Waals surface area contributed by atoms with E-state index in [0.29, 0.717) is 11.8 Å². The number of rotatable bonds is 3. The van der Waals surface area contributed by atoms with E-state index in [-0.39, 0.29) is 0 Å². The molecule has 92 valence electrons. The molecule has 17 heavy (non-hydrogen) atoms. The minimum Gasteiger partial charge on any atom is -0.367 e. The number of nitrogen functional groups attached to an aromatic ring is 1. The van der Waals surface area contributed by atoms with Crippen LogP contribution in [0.2, 0.25) is 0 Å².